The normalized spacial score (nSPS) is 14.1. The van der Waals surface area contributed by atoms with Gasteiger partial charge in [0.1, 0.15) is 23.9 Å². The summed E-state index contributed by atoms with van der Waals surface area (Å²) in [5.41, 5.74) is 1.36. The number of halogens is 3. The minimum absolute atomic E-state index is 0.0668. The Bertz CT molecular complexity index is 1090. The molecule has 3 aromatic carbocycles. The minimum Gasteiger partial charge on any atom is -0.489 e. The second kappa shape index (κ2) is 7.66. The molecule has 4 rings (SSSR count). The summed E-state index contributed by atoms with van der Waals surface area (Å²) in [6.45, 7) is 0.0668. The molecule has 0 fully saturated rings. The average Bonchev–Trinajstić information content (AvgIpc) is 2.99. The van der Waals surface area contributed by atoms with Crippen molar-refractivity contribution in [1.29, 1.82) is 0 Å². The van der Waals surface area contributed by atoms with E-state index in [1.165, 1.54) is 12.1 Å². The zero-order valence-electron chi connectivity index (χ0n) is 14.4. The van der Waals surface area contributed by atoms with Crippen LogP contribution in [0, 0.1) is 5.82 Å². The van der Waals surface area contributed by atoms with E-state index < -0.39 is 0 Å². The van der Waals surface area contributed by atoms with Gasteiger partial charge in [0.2, 0.25) is 5.78 Å². The standard InChI is InChI=1S/C22H13Cl2FO3/c23-17-5-3-6-18(24)16(17)11-21-22(26)15-9-8-14(10-20(15)28-21)27-12-13-4-1-2-7-19(13)25/h1-11H,12H2/b21-11-. The van der Waals surface area contributed by atoms with E-state index >= 15 is 0 Å². The highest BCUT2D eigenvalue weighted by atomic mass is 35.5. The lowest BCUT2D eigenvalue weighted by molar-refractivity contribution is 0.101. The maximum absolute atomic E-state index is 13.7. The molecule has 0 amide bonds. The molecule has 140 valence electrons. The molecule has 3 aromatic rings. The largest absolute Gasteiger partial charge is 0.489 e. The van der Waals surface area contributed by atoms with Crippen molar-refractivity contribution in [2.24, 2.45) is 0 Å². The topological polar surface area (TPSA) is 35.5 Å². The van der Waals surface area contributed by atoms with Crippen LogP contribution >= 0.6 is 23.2 Å². The molecule has 1 heterocycles. The molecule has 0 aliphatic carbocycles. The molecule has 0 aromatic heterocycles. The van der Waals surface area contributed by atoms with E-state index in [4.69, 9.17) is 32.7 Å². The van der Waals surface area contributed by atoms with Gasteiger partial charge in [-0.15, -0.1) is 0 Å². The summed E-state index contributed by atoms with van der Waals surface area (Å²) in [6.07, 6.45) is 1.52. The number of benzene rings is 3. The second-order valence-electron chi connectivity index (χ2n) is 6.11. The van der Waals surface area contributed by atoms with E-state index in [1.807, 2.05) is 0 Å². The number of ketones is 1. The van der Waals surface area contributed by atoms with E-state index in [0.717, 1.165) is 0 Å². The smallest absolute Gasteiger partial charge is 0.231 e. The number of carbonyl (C=O) groups is 1. The van der Waals surface area contributed by atoms with Gasteiger partial charge >= 0.3 is 0 Å². The molecule has 28 heavy (non-hydrogen) atoms. The SMILES string of the molecule is O=C1/C(=C/c2c(Cl)cccc2Cl)Oc2cc(OCc3ccccc3F)ccc21. The molecule has 1 aliphatic heterocycles. The molecular weight excluding hydrogens is 402 g/mol. The van der Waals surface area contributed by atoms with Crippen LogP contribution < -0.4 is 9.47 Å². The van der Waals surface area contributed by atoms with Gasteiger partial charge in [-0.1, -0.05) is 47.5 Å². The van der Waals surface area contributed by atoms with Gasteiger partial charge in [0.15, 0.2) is 5.76 Å². The predicted molar refractivity (Wildman–Crippen MR) is 107 cm³/mol. The Balaban J connectivity index is 1.56. The van der Waals surface area contributed by atoms with Crippen LogP contribution in [0.5, 0.6) is 11.5 Å². The fourth-order valence-electron chi connectivity index (χ4n) is 2.81. The first kappa shape index (κ1) is 18.5. The van der Waals surface area contributed by atoms with Crippen LogP contribution in [-0.4, -0.2) is 5.78 Å². The number of rotatable bonds is 4. The van der Waals surface area contributed by atoms with Crippen LogP contribution in [0.1, 0.15) is 21.5 Å². The first-order chi connectivity index (χ1) is 13.5. The minimum atomic E-state index is -0.336. The summed E-state index contributed by atoms with van der Waals surface area (Å²) in [4.78, 5) is 12.6. The summed E-state index contributed by atoms with van der Waals surface area (Å²) >= 11 is 12.3. The fourth-order valence-corrected chi connectivity index (χ4v) is 3.32. The van der Waals surface area contributed by atoms with E-state index in [1.54, 1.807) is 54.6 Å². The Labute approximate surface area is 170 Å². The maximum Gasteiger partial charge on any atom is 0.231 e. The van der Waals surface area contributed by atoms with E-state index in [-0.39, 0.29) is 24.0 Å². The van der Waals surface area contributed by atoms with E-state index in [9.17, 15) is 9.18 Å². The third kappa shape index (κ3) is 3.61. The molecule has 6 heteroatoms. The maximum atomic E-state index is 13.7. The highest BCUT2D eigenvalue weighted by Gasteiger charge is 2.28. The Morgan fingerprint density at radius 3 is 2.50 bits per heavy atom. The Morgan fingerprint density at radius 2 is 1.75 bits per heavy atom. The van der Waals surface area contributed by atoms with Crippen molar-refractivity contribution in [2.75, 3.05) is 0 Å². The van der Waals surface area contributed by atoms with Crippen LogP contribution in [0.25, 0.3) is 6.08 Å². The Morgan fingerprint density at radius 1 is 1.00 bits per heavy atom. The number of ether oxygens (including phenoxy) is 2. The number of Topliss-reactive ketones (excluding diaryl/α,β-unsaturated/α-hetero) is 1. The van der Waals surface area contributed by atoms with Crippen molar-refractivity contribution >= 4 is 35.1 Å². The number of allylic oxidation sites excluding steroid dienone is 1. The number of hydrogen-bond donors (Lipinski definition) is 0. The molecule has 0 atom stereocenters. The van der Waals surface area contributed by atoms with Gasteiger partial charge in [-0.25, -0.2) is 4.39 Å². The highest BCUT2D eigenvalue weighted by molar-refractivity contribution is 6.37. The zero-order valence-corrected chi connectivity index (χ0v) is 15.9. The van der Waals surface area contributed by atoms with Crippen LogP contribution in [0.2, 0.25) is 10.0 Å². The highest BCUT2D eigenvalue weighted by Crippen LogP contribution is 2.36. The average molecular weight is 415 g/mol. The van der Waals surface area contributed by atoms with Crippen molar-refractivity contribution in [3.05, 3.63) is 99.0 Å². The quantitative estimate of drug-likeness (QED) is 0.468. The summed E-state index contributed by atoms with van der Waals surface area (Å²) in [7, 11) is 0. The number of fused-ring (bicyclic) bond motifs is 1. The zero-order chi connectivity index (χ0) is 19.7. The third-order valence-electron chi connectivity index (χ3n) is 4.27. The molecular formula is C22H13Cl2FO3. The van der Waals surface area contributed by atoms with Crippen LogP contribution in [-0.2, 0) is 6.61 Å². The van der Waals surface area contributed by atoms with Gasteiger partial charge in [0.25, 0.3) is 0 Å². The molecule has 0 saturated heterocycles. The first-order valence-corrected chi connectivity index (χ1v) is 9.17. The van der Waals surface area contributed by atoms with Crippen molar-refractivity contribution in [2.45, 2.75) is 6.61 Å². The first-order valence-electron chi connectivity index (χ1n) is 8.41. The van der Waals surface area contributed by atoms with Crippen LogP contribution in [0.3, 0.4) is 0 Å². The summed E-state index contributed by atoms with van der Waals surface area (Å²) < 4.78 is 25.0. The van der Waals surface area contributed by atoms with Crippen molar-refractivity contribution in [1.82, 2.24) is 0 Å². The van der Waals surface area contributed by atoms with Crippen molar-refractivity contribution < 1.29 is 18.7 Å². The molecule has 0 saturated carbocycles. The van der Waals surface area contributed by atoms with Gasteiger partial charge in [0.05, 0.1) is 5.56 Å². The molecule has 0 bridgehead atoms. The second-order valence-corrected chi connectivity index (χ2v) is 6.93. The summed E-state index contributed by atoms with van der Waals surface area (Å²) in [6, 6.07) is 16.3. The molecule has 0 N–H and O–H groups in total. The lowest BCUT2D eigenvalue weighted by Crippen LogP contribution is -1.98. The lowest BCUT2D eigenvalue weighted by atomic mass is 10.1. The van der Waals surface area contributed by atoms with Gasteiger partial charge < -0.3 is 9.47 Å². The Hall–Kier alpha value is -2.82. The lowest BCUT2D eigenvalue weighted by Gasteiger charge is -2.08. The van der Waals surface area contributed by atoms with E-state index in [2.05, 4.69) is 0 Å². The third-order valence-corrected chi connectivity index (χ3v) is 4.93. The molecule has 0 spiro atoms. The molecule has 0 unspecified atom stereocenters. The monoisotopic (exact) mass is 414 g/mol. The van der Waals surface area contributed by atoms with Gasteiger partial charge in [-0.2, -0.15) is 0 Å². The summed E-state index contributed by atoms with van der Waals surface area (Å²) in [5.74, 6) is 0.345. The van der Waals surface area contributed by atoms with Crippen LogP contribution in [0.15, 0.2) is 66.4 Å². The van der Waals surface area contributed by atoms with Crippen LogP contribution in [0.4, 0.5) is 4.39 Å². The molecule has 1 aliphatic rings. The number of hydrogen-bond acceptors (Lipinski definition) is 3. The molecule has 0 radical (unpaired) electrons. The fraction of sp³-hybridized carbons (Fsp3) is 0.0455. The Kier molecular flexibility index (Phi) is 5.07. The number of carbonyl (C=O) groups excluding carboxylic acids is 1. The van der Waals surface area contributed by atoms with Crippen molar-refractivity contribution in [3.8, 4) is 11.5 Å². The molecule has 3 nitrogen and oxygen atoms in total. The van der Waals surface area contributed by atoms with Gasteiger partial charge in [0, 0.05) is 27.2 Å². The summed E-state index contributed by atoms with van der Waals surface area (Å²) in [5, 5.41) is 0.836. The van der Waals surface area contributed by atoms with Crippen molar-refractivity contribution in [3.63, 3.8) is 0 Å². The predicted octanol–water partition coefficient (Wildman–Crippen LogP) is 6.33. The van der Waals surface area contributed by atoms with Gasteiger partial charge in [-0.05, 0) is 36.4 Å². The van der Waals surface area contributed by atoms with Gasteiger partial charge in [-0.3, -0.25) is 4.79 Å². The van der Waals surface area contributed by atoms with E-state index in [0.29, 0.717) is 38.2 Å².